The van der Waals surface area contributed by atoms with Crippen LogP contribution in [0.3, 0.4) is 0 Å². The van der Waals surface area contributed by atoms with Crippen LogP contribution in [-0.2, 0) is 4.79 Å². The van der Waals surface area contributed by atoms with Crippen LogP contribution in [0.5, 0.6) is 0 Å². The van der Waals surface area contributed by atoms with Gasteiger partial charge in [-0.2, -0.15) is 0 Å². The van der Waals surface area contributed by atoms with E-state index < -0.39 is 5.97 Å². The van der Waals surface area contributed by atoms with E-state index in [0.29, 0.717) is 0 Å². The fraction of sp³-hybridized carbons (Fsp3) is 0.545. The van der Waals surface area contributed by atoms with Crippen molar-refractivity contribution in [1.82, 2.24) is 4.90 Å². The fourth-order valence-electron chi connectivity index (χ4n) is 1.64. The lowest BCUT2D eigenvalue weighted by Gasteiger charge is -2.30. The molecule has 0 amide bonds. The molecule has 1 rings (SSSR count). The number of aliphatic carboxylic acids is 1. The quantitative estimate of drug-likeness (QED) is 0.885. The molecule has 1 atom stereocenters. The summed E-state index contributed by atoms with van der Waals surface area (Å²) in [6.07, 6.45) is 0. The van der Waals surface area contributed by atoms with Crippen molar-refractivity contribution in [3.8, 4) is 0 Å². The number of carboxylic acid groups (broad SMARTS) is 1. The predicted molar refractivity (Wildman–Crippen MR) is 67.2 cm³/mol. The van der Waals surface area contributed by atoms with Gasteiger partial charge in [-0.05, 0) is 32.9 Å². The molecule has 3 nitrogen and oxygen atoms in total. The number of thiophene rings is 1. The van der Waals surface area contributed by atoms with Crippen LogP contribution in [0, 0.1) is 0 Å². The molecule has 1 aromatic heterocycles. The monoisotopic (exact) mass is 261 g/mol. The molecule has 1 heterocycles. The maximum Gasteiger partial charge on any atom is 0.317 e. The molecule has 1 aromatic rings. The van der Waals surface area contributed by atoms with Gasteiger partial charge < -0.3 is 5.11 Å². The van der Waals surface area contributed by atoms with E-state index in [2.05, 4.69) is 0 Å². The maximum atomic E-state index is 10.8. The average molecular weight is 262 g/mol. The Labute approximate surface area is 105 Å². The van der Waals surface area contributed by atoms with Crippen molar-refractivity contribution in [2.75, 3.05) is 6.54 Å². The lowest BCUT2D eigenvalue weighted by atomic mass is 10.2. The molecule has 0 bridgehead atoms. The van der Waals surface area contributed by atoms with Gasteiger partial charge in [0, 0.05) is 17.0 Å². The third-order valence-electron chi connectivity index (χ3n) is 2.48. The molecule has 0 saturated heterocycles. The zero-order valence-corrected chi connectivity index (χ0v) is 11.2. The lowest BCUT2D eigenvalue weighted by Crippen LogP contribution is -2.37. The molecular formula is C11H16ClNO2S. The van der Waals surface area contributed by atoms with E-state index >= 15 is 0 Å². The molecular weight excluding hydrogens is 246 g/mol. The maximum absolute atomic E-state index is 10.8. The van der Waals surface area contributed by atoms with Crippen molar-refractivity contribution in [3.05, 3.63) is 21.3 Å². The van der Waals surface area contributed by atoms with E-state index in [4.69, 9.17) is 16.7 Å². The Morgan fingerprint density at radius 1 is 1.50 bits per heavy atom. The van der Waals surface area contributed by atoms with Crippen LogP contribution < -0.4 is 0 Å². The Balaban J connectivity index is 2.82. The molecule has 90 valence electrons. The molecule has 0 aromatic carbocycles. The van der Waals surface area contributed by atoms with Crippen molar-refractivity contribution >= 4 is 28.9 Å². The Bertz CT molecular complexity index is 365. The van der Waals surface area contributed by atoms with E-state index in [1.165, 1.54) is 11.3 Å². The summed E-state index contributed by atoms with van der Waals surface area (Å²) in [6.45, 7) is 6.04. The first-order valence-electron chi connectivity index (χ1n) is 5.14. The van der Waals surface area contributed by atoms with E-state index in [-0.39, 0.29) is 18.6 Å². The average Bonchev–Trinajstić information content (AvgIpc) is 2.59. The van der Waals surface area contributed by atoms with Gasteiger partial charge in [0.1, 0.15) is 0 Å². The number of nitrogens with zero attached hydrogens (tertiary/aromatic N) is 1. The van der Waals surface area contributed by atoms with Gasteiger partial charge in [-0.3, -0.25) is 9.69 Å². The first-order chi connectivity index (χ1) is 7.41. The van der Waals surface area contributed by atoms with Gasteiger partial charge in [0.25, 0.3) is 0 Å². The highest BCUT2D eigenvalue weighted by Gasteiger charge is 2.22. The van der Waals surface area contributed by atoms with E-state index in [1.54, 1.807) is 0 Å². The molecule has 1 N–H and O–H groups in total. The van der Waals surface area contributed by atoms with Crippen molar-refractivity contribution < 1.29 is 9.90 Å². The second kappa shape index (κ2) is 5.66. The summed E-state index contributed by atoms with van der Waals surface area (Å²) < 4.78 is 0.737. The Hall–Kier alpha value is -0.580. The van der Waals surface area contributed by atoms with Gasteiger partial charge in [-0.1, -0.05) is 11.6 Å². The van der Waals surface area contributed by atoms with Gasteiger partial charge in [0.2, 0.25) is 0 Å². The molecule has 0 aliphatic carbocycles. The summed E-state index contributed by atoms with van der Waals surface area (Å²) in [5.74, 6) is -0.803. The number of carbonyl (C=O) groups is 1. The molecule has 0 spiro atoms. The van der Waals surface area contributed by atoms with Gasteiger partial charge in [-0.25, -0.2) is 0 Å². The van der Waals surface area contributed by atoms with Crippen LogP contribution in [0.2, 0.25) is 4.34 Å². The minimum absolute atomic E-state index is 0.0500. The smallest absolute Gasteiger partial charge is 0.317 e. The molecule has 0 radical (unpaired) electrons. The van der Waals surface area contributed by atoms with Gasteiger partial charge >= 0.3 is 5.97 Å². The van der Waals surface area contributed by atoms with Crippen LogP contribution in [0.25, 0.3) is 0 Å². The highest BCUT2D eigenvalue weighted by atomic mass is 35.5. The van der Waals surface area contributed by atoms with Crippen LogP contribution in [0.1, 0.15) is 31.7 Å². The highest BCUT2D eigenvalue weighted by Crippen LogP contribution is 2.31. The number of halogens is 1. The number of rotatable bonds is 5. The normalized spacial score (nSPS) is 13.4. The van der Waals surface area contributed by atoms with E-state index in [1.807, 2.05) is 37.8 Å². The Morgan fingerprint density at radius 2 is 2.12 bits per heavy atom. The van der Waals surface area contributed by atoms with Crippen LogP contribution in [0.4, 0.5) is 0 Å². The molecule has 1 unspecified atom stereocenters. The lowest BCUT2D eigenvalue weighted by molar-refractivity contribution is -0.139. The molecule has 0 aliphatic heterocycles. The summed E-state index contributed by atoms with van der Waals surface area (Å²) in [5.41, 5.74) is 0. The molecule has 16 heavy (non-hydrogen) atoms. The number of carboxylic acids is 1. The molecule has 5 heteroatoms. The second-order valence-corrected chi connectivity index (χ2v) is 5.72. The largest absolute Gasteiger partial charge is 0.480 e. The summed E-state index contributed by atoms with van der Waals surface area (Å²) in [7, 11) is 0. The standard InChI is InChI=1S/C11H16ClNO2S/c1-7(2)13(6-11(14)15)8(3)9-4-5-10(12)16-9/h4-5,7-8H,6H2,1-3H3,(H,14,15). The Kier molecular flexibility index (Phi) is 4.77. The van der Waals surface area contributed by atoms with Crippen LogP contribution in [-0.4, -0.2) is 28.6 Å². The SMILES string of the molecule is CC(C)N(CC(=O)O)C(C)c1ccc(Cl)s1. The molecule has 0 aliphatic rings. The van der Waals surface area contributed by atoms with Crippen molar-refractivity contribution in [1.29, 1.82) is 0 Å². The molecule has 0 fully saturated rings. The van der Waals surface area contributed by atoms with Gasteiger partial charge in [-0.15, -0.1) is 11.3 Å². The summed E-state index contributed by atoms with van der Waals surface area (Å²) in [4.78, 5) is 13.8. The van der Waals surface area contributed by atoms with Crippen LogP contribution >= 0.6 is 22.9 Å². The minimum Gasteiger partial charge on any atom is -0.480 e. The highest BCUT2D eigenvalue weighted by molar-refractivity contribution is 7.16. The zero-order chi connectivity index (χ0) is 12.3. The third-order valence-corrected chi connectivity index (χ3v) is 3.89. The van der Waals surface area contributed by atoms with Crippen LogP contribution in [0.15, 0.2) is 12.1 Å². The molecule has 0 saturated carbocycles. The Morgan fingerprint density at radius 3 is 2.50 bits per heavy atom. The second-order valence-electron chi connectivity index (χ2n) is 3.98. The van der Waals surface area contributed by atoms with E-state index in [0.717, 1.165) is 9.21 Å². The first-order valence-corrected chi connectivity index (χ1v) is 6.34. The summed E-state index contributed by atoms with van der Waals surface area (Å²) in [5, 5.41) is 8.87. The third kappa shape index (κ3) is 3.47. The fourth-order valence-corrected chi connectivity index (χ4v) is 2.77. The first kappa shape index (κ1) is 13.5. The topological polar surface area (TPSA) is 40.5 Å². The van der Waals surface area contributed by atoms with Crippen molar-refractivity contribution in [2.45, 2.75) is 32.9 Å². The summed E-state index contributed by atoms with van der Waals surface area (Å²) >= 11 is 7.38. The minimum atomic E-state index is -0.803. The van der Waals surface area contributed by atoms with Crippen molar-refractivity contribution in [2.24, 2.45) is 0 Å². The predicted octanol–water partition coefficient (Wildman–Crippen LogP) is 3.26. The van der Waals surface area contributed by atoms with Gasteiger partial charge in [0.05, 0.1) is 10.9 Å². The van der Waals surface area contributed by atoms with Crippen molar-refractivity contribution in [3.63, 3.8) is 0 Å². The zero-order valence-electron chi connectivity index (χ0n) is 9.61. The number of hydrogen-bond acceptors (Lipinski definition) is 3. The summed E-state index contributed by atoms with van der Waals surface area (Å²) in [6, 6.07) is 4.06. The number of hydrogen-bond donors (Lipinski definition) is 1. The van der Waals surface area contributed by atoms with E-state index in [9.17, 15) is 4.79 Å². The van der Waals surface area contributed by atoms with Gasteiger partial charge in [0.15, 0.2) is 0 Å².